The number of fused-ring (bicyclic) bond motifs is 2. The van der Waals surface area contributed by atoms with Crippen LogP contribution in [0, 0.1) is 17.8 Å². The minimum absolute atomic E-state index is 0.0122. The van der Waals surface area contributed by atoms with E-state index < -0.39 is 60.6 Å². The maximum atomic E-state index is 13.5. The predicted octanol–water partition coefficient (Wildman–Crippen LogP) is 4.02. The van der Waals surface area contributed by atoms with Gasteiger partial charge in [0.2, 0.25) is 0 Å². The van der Waals surface area contributed by atoms with Crippen molar-refractivity contribution in [2.45, 2.75) is 114 Å². The van der Waals surface area contributed by atoms with Crippen LogP contribution in [0.15, 0.2) is 35.4 Å². The lowest BCUT2D eigenvalue weighted by Gasteiger charge is -2.48. The third-order valence-corrected chi connectivity index (χ3v) is 8.99. The van der Waals surface area contributed by atoms with Crippen molar-refractivity contribution in [3.8, 4) is 0 Å². The van der Waals surface area contributed by atoms with Crippen molar-refractivity contribution in [1.29, 1.82) is 0 Å². The molecule has 0 amide bonds. The van der Waals surface area contributed by atoms with Gasteiger partial charge in [-0.2, -0.15) is 0 Å². The molecular weight excluding hydrogens is 612 g/mol. The molecule has 11 heteroatoms. The van der Waals surface area contributed by atoms with Crippen LogP contribution in [0.25, 0.3) is 0 Å². The molecule has 0 spiro atoms. The minimum atomic E-state index is -1.91. The smallest absolute Gasteiger partial charge is 0.314 e. The number of rotatable bonds is 7. The van der Waals surface area contributed by atoms with Gasteiger partial charge in [0.1, 0.15) is 30.3 Å². The van der Waals surface area contributed by atoms with Crippen molar-refractivity contribution < 1.29 is 48.2 Å². The number of carbonyl (C=O) groups is 1. The van der Waals surface area contributed by atoms with Gasteiger partial charge in [0.05, 0.1) is 24.4 Å². The van der Waals surface area contributed by atoms with Gasteiger partial charge in [0.15, 0.2) is 12.1 Å². The van der Waals surface area contributed by atoms with Gasteiger partial charge in [0.25, 0.3) is 0 Å². The quantitative estimate of drug-likeness (QED) is 0.235. The van der Waals surface area contributed by atoms with Gasteiger partial charge in [-0.25, -0.2) is 0 Å². The monoisotopic (exact) mass is 660 g/mol. The zero-order chi connectivity index (χ0) is 31.0. The fourth-order valence-electron chi connectivity index (χ4n) is 6.03. The van der Waals surface area contributed by atoms with Crippen LogP contribution in [0.5, 0.6) is 0 Å². The molecule has 0 aliphatic carbocycles. The number of esters is 1. The Bertz CT molecular complexity index is 943. The van der Waals surface area contributed by atoms with Crippen LogP contribution in [0.1, 0.15) is 53.4 Å². The first-order valence-corrected chi connectivity index (χ1v) is 15.7. The zero-order valence-electron chi connectivity index (χ0n) is 25.8. The van der Waals surface area contributed by atoms with E-state index in [-0.39, 0.29) is 30.5 Å². The van der Waals surface area contributed by atoms with E-state index in [1.54, 1.807) is 45.4 Å². The van der Waals surface area contributed by atoms with Crippen LogP contribution in [0.2, 0.25) is 0 Å². The number of hydrogen-bond acceptors (Lipinski definition) is 10. The third kappa shape index (κ3) is 8.73. The predicted molar refractivity (Wildman–Crippen MR) is 160 cm³/mol. The summed E-state index contributed by atoms with van der Waals surface area (Å²) < 4.78 is 41.9. The van der Waals surface area contributed by atoms with Gasteiger partial charge >= 0.3 is 5.97 Å². The van der Waals surface area contributed by atoms with Crippen LogP contribution in [-0.2, 0) is 38.0 Å². The summed E-state index contributed by atoms with van der Waals surface area (Å²) in [6, 6.07) is 0. The lowest BCUT2D eigenvalue weighted by Crippen LogP contribution is -2.61. The molecule has 0 aromatic carbocycles. The van der Waals surface area contributed by atoms with E-state index in [2.05, 4.69) is 15.9 Å². The molecule has 13 atom stereocenters. The molecule has 3 heterocycles. The highest BCUT2D eigenvalue weighted by Crippen LogP contribution is 2.40. The number of aliphatic hydroxyl groups is 2. The first-order valence-electron chi connectivity index (χ1n) is 14.8. The number of hydrogen-bond donors (Lipinski definition) is 2. The van der Waals surface area contributed by atoms with Crippen molar-refractivity contribution in [3.63, 3.8) is 0 Å². The number of cyclic esters (lactones) is 1. The fourth-order valence-corrected chi connectivity index (χ4v) is 6.21. The summed E-state index contributed by atoms with van der Waals surface area (Å²) in [7, 11) is 4.73. The molecule has 10 nitrogen and oxygen atoms in total. The van der Waals surface area contributed by atoms with E-state index in [4.69, 9.17) is 33.2 Å². The zero-order valence-corrected chi connectivity index (χ0v) is 27.3. The highest BCUT2D eigenvalue weighted by atomic mass is 79.9. The van der Waals surface area contributed by atoms with E-state index in [0.29, 0.717) is 19.3 Å². The molecule has 3 aliphatic heterocycles. The summed E-state index contributed by atoms with van der Waals surface area (Å²) in [6.07, 6.45) is 5.59. The van der Waals surface area contributed by atoms with Crippen LogP contribution in [0.4, 0.5) is 0 Å². The van der Waals surface area contributed by atoms with Gasteiger partial charge in [-0.1, -0.05) is 54.1 Å². The summed E-state index contributed by atoms with van der Waals surface area (Å²) in [5.74, 6) is -3.81. The van der Waals surface area contributed by atoms with Gasteiger partial charge in [-0.15, -0.1) is 0 Å². The molecule has 2 fully saturated rings. The number of ether oxygens (including phenoxy) is 7. The number of aliphatic hydroxyl groups excluding tert-OH is 1. The molecule has 2 bridgehead atoms. The maximum Gasteiger partial charge on any atom is 0.314 e. The minimum Gasteiger partial charge on any atom is -0.458 e. The van der Waals surface area contributed by atoms with E-state index in [9.17, 15) is 15.0 Å². The Morgan fingerprint density at radius 2 is 1.71 bits per heavy atom. The van der Waals surface area contributed by atoms with Crippen molar-refractivity contribution in [2.24, 2.45) is 17.8 Å². The van der Waals surface area contributed by atoms with E-state index in [0.717, 1.165) is 0 Å². The lowest BCUT2D eigenvalue weighted by molar-refractivity contribution is -0.348. The van der Waals surface area contributed by atoms with Crippen molar-refractivity contribution in [3.05, 3.63) is 35.4 Å². The Balaban J connectivity index is 1.92. The SMILES string of the molecule is CO[C@@H]1[C@H](OC)[C@@H](O[C@H]2C[C@@H]3O[C@](O)(C2)C(C)C(=O)OC(/C=C/C=C/Br)CC(C)C=CCC(O)C3C)O[C@H](C)[C@H]1OC. The van der Waals surface area contributed by atoms with Crippen LogP contribution in [-0.4, -0.2) is 98.4 Å². The third-order valence-electron chi connectivity index (χ3n) is 8.69. The largest absolute Gasteiger partial charge is 0.458 e. The normalized spacial score (nSPS) is 44.3. The molecule has 0 aromatic heterocycles. The number of carbonyl (C=O) groups excluding carboxylic acids is 1. The summed E-state index contributed by atoms with van der Waals surface area (Å²) in [5.41, 5.74) is 0. The molecule has 0 aromatic rings. The molecular formula is C31H49BrO10. The number of halogens is 1. The molecule has 240 valence electrons. The van der Waals surface area contributed by atoms with Crippen molar-refractivity contribution in [1.82, 2.24) is 0 Å². The molecule has 3 aliphatic rings. The standard InChI is InChI=1S/C31H49BrO10/c1-18-11-10-13-24(33)19(2)25-16-23(41-30-28(38-7)27(37-6)26(36-5)21(4)39-30)17-31(35,42-25)20(3)29(34)40-22(15-18)12-8-9-14-32/h8-12,14,18-28,30,33,35H,13,15-17H2,1-7H3/b11-10?,12-8+,14-9+/t18?,19?,20?,21-,22?,23+,24?,25+,26-,27+,28+,30-,31-/m1/s1. The average molecular weight is 662 g/mol. The highest BCUT2D eigenvalue weighted by molar-refractivity contribution is 9.11. The van der Waals surface area contributed by atoms with Gasteiger partial charge in [-0.05, 0) is 43.7 Å². The van der Waals surface area contributed by atoms with Crippen molar-refractivity contribution >= 4 is 21.9 Å². The molecule has 0 radical (unpaired) electrons. The van der Waals surface area contributed by atoms with Gasteiger partial charge < -0.3 is 43.4 Å². The Morgan fingerprint density at radius 3 is 2.36 bits per heavy atom. The summed E-state index contributed by atoms with van der Waals surface area (Å²) in [6.45, 7) is 7.38. The van der Waals surface area contributed by atoms with E-state index >= 15 is 0 Å². The summed E-state index contributed by atoms with van der Waals surface area (Å²) >= 11 is 3.24. The summed E-state index contributed by atoms with van der Waals surface area (Å²) in [5, 5.41) is 23.0. The Labute approximate surface area is 258 Å². The Kier molecular flexibility index (Phi) is 13.7. The average Bonchev–Trinajstić information content (AvgIpc) is 2.95. The molecule has 2 N–H and O–H groups in total. The second-order valence-corrected chi connectivity index (χ2v) is 12.2. The second-order valence-electron chi connectivity index (χ2n) is 11.7. The van der Waals surface area contributed by atoms with E-state index in [1.165, 1.54) is 0 Å². The number of allylic oxidation sites excluding steroid dienone is 3. The Morgan fingerprint density at radius 1 is 1.02 bits per heavy atom. The molecule has 42 heavy (non-hydrogen) atoms. The maximum absolute atomic E-state index is 13.5. The van der Waals surface area contributed by atoms with Crippen LogP contribution < -0.4 is 0 Å². The second kappa shape index (κ2) is 16.2. The molecule has 2 saturated heterocycles. The van der Waals surface area contributed by atoms with Crippen LogP contribution >= 0.6 is 15.9 Å². The van der Waals surface area contributed by atoms with E-state index in [1.807, 2.05) is 39.0 Å². The number of methoxy groups -OCH3 is 3. The fraction of sp³-hybridized carbons (Fsp3) is 0.774. The topological polar surface area (TPSA) is 122 Å². The van der Waals surface area contributed by atoms with Gasteiger partial charge in [-0.3, -0.25) is 4.79 Å². The molecule has 3 rings (SSSR count). The van der Waals surface area contributed by atoms with Gasteiger partial charge in [0, 0.05) is 40.1 Å². The lowest BCUT2D eigenvalue weighted by atomic mass is 9.83. The van der Waals surface area contributed by atoms with Crippen LogP contribution in [0.3, 0.4) is 0 Å². The molecule has 0 saturated carbocycles. The Hall–Kier alpha value is -1.15. The highest BCUT2D eigenvalue weighted by Gasteiger charge is 2.52. The molecule has 5 unspecified atom stereocenters. The first-order chi connectivity index (χ1) is 20.0. The summed E-state index contributed by atoms with van der Waals surface area (Å²) in [4.78, 5) is 15.2. The first kappa shape index (κ1) is 35.3. The van der Waals surface area contributed by atoms with Crippen molar-refractivity contribution in [2.75, 3.05) is 21.3 Å².